The molecule has 7 heteroatoms. The number of benzene rings is 1. The van der Waals surface area contributed by atoms with Gasteiger partial charge in [-0.25, -0.2) is 4.79 Å². The van der Waals surface area contributed by atoms with E-state index in [4.69, 9.17) is 4.74 Å². The first-order valence-corrected chi connectivity index (χ1v) is 11.8. The minimum absolute atomic E-state index is 0.0203. The van der Waals surface area contributed by atoms with E-state index in [9.17, 15) is 19.2 Å². The topological polar surface area (TPSA) is 92.8 Å². The van der Waals surface area contributed by atoms with Crippen LogP contribution in [0.25, 0.3) is 0 Å². The molecule has 1 saturated heterocycles. The molecular weight excluding hydrogens is 408 g/mol. The zero-order chi connectivity index (χ0) is 22.7. The maximum absolute atomic E-state index is 12.9. The zero-order valence-electron chi connectivity index (χ0n) is 18.7. The van der Waals surface area contributed by atoms with Crippen LogP contribution in [0.2, 0.25) is 0 Å². The lowest BCUT2D eigenvalue weighted by Gasteiger charge is -2.36. The van der Waals surface area contributed by atoms with Gasteiger partial charge < -0.3 is 10.1 Å². The largest absolute Gasteiger partial charge is 0.456 e. The van der Waals surface area contributed by atoms with Gasteiger partial charge in [0.2, 0.25) is 0 Å². The molecule has 0 aromatic heterocycles. The van der Waals surface area contributed by atoms with Crippen LogP contribution in [0.3, 0.4) is 0 Å². The van der Waals surface area contributed by atoms with Gasteiger partial charge in [-0.05, 0) is 43.1 Å². The molecule has 3 amide bonds. The van der Waals surface area contributed by atoms with Gasteiger partial charge in [-0.3, -0.25) is 19.3 Å². The van der Waals surface area contributed by atoms with E-state index >= 15 is 0 Å². The molecule has 4 rings (SSSR count). The Morgan fingerprint density at radius 1 is 1.03 bits per heavy atom. The van der Waals surface area contributed by atoms with Crippen LogP contribution >= 0.6 is 0 Å². The molecular formula is C25H32N2O5. The Labute approximate surface area is 188 Å². The lowest BCUT2D eigenvalue weighted by atomic mass is 9.73. The summed E-state index contributed by atoms with van der Waals surface area (Å²) < 4.78 is 5.10. The maximum atomic E-state index is 12.9. The summed E-state index contributed by atoms with van der Waals surface area (Å²) in [6, 6.07) is 6.98. The summed E-state index contributed by atoms with van der Waals surface area (Å²) in [5, 5.41) is 2.81. The molecule has 0 radical (unpaired) electrons. The highest BCUT2D eigenvalue weighted by molar-refractivity contribution is 6.09. The molecule has 1 N–H and O–H groups in total. The maximum Gasteiger partial charge on any atom is 0.326 e. The van der Waals surface area contributed by atoms with Gasteiger partial charge in [0.25, 0.3) is 5.91 Å². The molecule has 172 valence electrons. The van der Waals surface area contributed by atoms with Crippen molar-refractivity contribution in [3.05, 3.63) is 35.4 Å². The Balaban J connectivity index is 1.29. The number of carbonyl (C=O) groups excluding carboxylic acids is 4. The van der Waals surface area contributed by atoms with Crippen molar-refractivity contribution in [2.45, 2.75) is 76.2 Å². The highest BCUT2D eigenvalue weighted by Gasteiger charge is 2.55. The number of rotatable bonds is 6. The van der Waals surface area contributed by atoms with E-state index in [1.807, 2.05) is 19.1 Å². The van der Waals surface area contributed by atoms with Crippen LogP contribution in [-0.2, 0) is 14.3 Å². The summed E-state index contributed by atoms with van der Waals surface area (Å²) in [5.74, 6) is -0.850. The van der Waals surface area contributed by atoms with Crippen molar-refractivity contribution in [2.24, 2.45) is 5.92 Å². The third kappa shape index (κ3) is 4.43. The molecule has 1 aromatic carbocycles. The van der Waals surface area contributed by atoms with Gasteiger partial charge in [0.1, 0.15) is 12.1 Å². The van der Waals surface area contributed by atoms with Gasteiger partial charge in [0, 0.05) is 5.56 Å². The quantitative estimate of drug-likeness (QED) is 0.411. The minimum Gasteiger partial charge on any atom is -0.456 e. The molecule has 1 aromatic rings. The third-order valence-electron chi connectivity index (χ3n) is 7.46. The first kappa shape index (κ1) is 22.5. The smallest absolute Gasteiger partial charge is 0.326 e. The Kier molecular flexibility index (Phi) is 6.63. The molecule has 3 aliphatic rings. The van der Waals surface area contributed by atoms with E-state index in [1.165, 1.54) is 37.7 Å². The van der Waals surface area contributed by atoms with Crippen LogP contribution in [0, 0.1) is 5.92 Å². The Hall–Kier alpha value is -2.70. The number of urea groups is 1. The van der Waals surface area contributed by atoms with Gasteiger partial charge in [0.15, 0.2) is 12.4 Å². The second-order valence-corrected chi connectivity index (χ2v) is 9.48. The van der Waals surface area contributed by atoms with Crippen molar-refractivity contribution < 1.29 is 23.9 Å². The lowest BCUT2D eigenvalue weighted by Crippen LogP contribution is -2.54. The Morgan fingerprint density at radius 3 is 2.41 bits per heavy atom. The van der Waals surface area contributed by atoms with Gasteiger partial charge in [0.05, 0.1) is 0 Å². The van der Waals surface area contributed by atoms with E-state index in [-0.39, 0.29) is 17.6 Å². The fourth-order valence-electron chi connectivity index (χ4n) is 5.42. The SMILES string of the molecule is CC1CCCCC12NC(=O)N(CC(=O)OCC(=O)c1ccc(C3CCCCC3)cc1)C2=O. The number of hydrogen-bond acceptors (Lipinski definition) is 5. The fraction of sp³-hybridized carbons (Fsp3) is 0.600. The highest BCUT2D eigenvalue weighted by Crippen LogP contribution is 2.38. The minimum atomic E-state index is -0.911. The lowest BCUT2D eigenvalue weighted by molar-refractivity contribution is -0.147. The summed E-state index contributed by atoms with van der Waals surface area (Å²) in [4.78, 5) is 51.0. The number of ketones is 1. The standard InChI is InChI=1S/C25H32N2O5/c1-17-7-5-6-14-25(17)23(30)27(24(31)26-25)15-22(29)32-16-21(28)20-12-10-19(11-13-20)18-8-3-2-4-9-18/h10-13,17-18H,2-9,14-16H2,1H3,(H,26,31). The number of carbonyl (C=O) groups is 4. The normalized spacial score (nSPS) is 26.3. The van der Waals surface area contributed by atoms with Crippen LogP contribution in [0.4, 0.5) is 4.79 Å². The number of esters is 1. The van der Waals surface area contributed by atoms with Crippen LogP contribution in [0.15, 0.2) is 24.3 Å². The number of hydrogen-bond donors (Lipinski definition) is 1. The predicted octanol–water partition coefficient (Wildman–Crippen LogP) is 3.96. The number of nitrogens with zero attached hydrogens (tertiary/aromatic N) is 1. The predicted molar refractivity (Wildman–Crippen MR) is 118 cm³/mol. The van der Waals surface area contributed by atoms with Gasteiger partial charge in [-0.1, -0.05) is 63.3 Å². The Bertz CT molecular complexity index is 890. The van der Waals surface area contributed by atoms with Crippen LogP contribution in [-0.4, -0.2) is 47.3 Å². The zero-order valence-corrected chi connectivity index (χ0v) is 18.7. The van der Waals surface area contributed by atoms with Gasteiger partial charge >= 0.3 is 12.0 Å². The molecule has 1 heterocycles. The van der Waals surface area contributed by atoms with E-state index < -0.39 is 30.7 Å². The average molecular weight is 441 g/mol. The summed E-state index contributed by atoms with van der Waals surface area (Å²) in [6.07, 6.45) is 9.50. The van der Waals surface area contributed by atoms with Crippen LogP contribution in [0.5, 0.6) is 0 Å². The second kappa shape index (κ2) is 9.43. The van der Waals surface area contributed by atoms with Crippen LogP contribution < -0.4 is 5.32 Å². The molecule has 2 atom stereocenters. The third-order valence-corrected chi connectivity index (χ3v) is 7.46. The number of Topliss-reactive ketones (excluding diaryl/α,β-unsaturated/α-hetero) is 1. The fourth-order valence-corrected chi connectivity index (χ4v) is 5.42. The summed E-state index contributed by atoms with van der Waals surface area (Å²) in [6.45, 7) is 1.07. The first-order valence-electron chi connectivity index (χ1n) is 11.8. The van der Waals surface area contributed by atoms with E-state index in [0.29, 0.717) is 17.9 Å². The van der Waals surface area contributed by atoms with Crippen molar-refractivity contribution in [3.8, 4) is 0 Å². The van der Waals surface area contributed by atoms with Crippen molar-refractivity contribution in [2.75, 3.05) is 13.2 Å². The summed E-state index contributed by atoms with van der Waals surface area (Å²) in [7, 11) is 0. The molecule has 0 bridgehead atoms. The molecule has 2 saturated carbocycles. The molecule has 7 nitrogen and oxygen atoms in total. The number of nitrogens with one attached hydrogen (secondary N) is 1. The van der Waals surface area contributed by atoms with E-state index in [2.05, 4.69) is 5.32 Å². The summed E-state index contributed by atoms with van der Waals surface area (Å²) in [5.41, 5.74) is 0.830. The molecule has 3 fully saturated rings. The molecule has 1 spiro atoms. The number of amides is 3. The van der Waals surface area contributed by atoms with Gasteiger partial charge in [-0.15, -0.1) is 0 Å². The summed E-state index contributed by atoms with van der Waals surface area (Å²) >= 11 is 0. The van der Waals surface area contributed by atoms with E-state index in [0.717, 1.165) is 24.2 Å². The van der Waals surface area contributed by atoms with Gasteiger partial charge in [-0.2, -0.15) is 0 Å². The monoisotopic (exact) mass is 440 g/mol. The first-order chi connectivity index (χ1) is 15.4. The second-order valence-electron chi connectivity index (χ2n) is 9.48. The van der Waals surface area contributed by atoms with Crippen molar-refractivity contribution in [1.82, 2.24) is 10.2 Å². The van der Waals surface area contributed by atoms with Crippen LogP contribution in [0.1, 0.15) is 86.6 Å². The molecule has 1 aliphatic heterocycles. The molecule has 32 heavy (non-hydrogen) atoms. The number of ether oxygens (including phenoxy) is 1. The van der Waals surface area contributed by atoms with Crippen molar-refractivity contribution in [3.63, 3.8) is 0 Å². The van der Waals surface area contributed by atoms with E-state index in [1.54, 1.807) is 12.1 Å². The number of imide groups is 1. The Morgan fingerprint density at radius 2 is 1.72 bits per heavy atom. The average Bonchev–Trinajstić information content (AvgIpc) is 3.05. The molecule has 2 aliphatic carbocycles. The van der Waals surface area contributed by atoms with Crippen molar-refractivity contribution in [1.29, 1.82) is 0 Å². The highest BCUT2D eigenvalue weighted by atomic mass is 16.5. The van der Waals surface area contributed by atoms with Crippen molar-refractivity contribution >= 4 is 23.7 Å². The molecule has 2 unspecified atom stereocenters.